The second-order valence-corrected chi connectivity index (χ2v) is 15.8. The molecular weight excluding hydrogens is 578 g/mol. The zero-order valence-electron chi connectivity index (χ0n) is 26.4. The minimum Gasteiger partial charge on any atom is -0.375 e. The molecule has 0 spiro atoms. The summed E-state index contributed by atoms with van der Waals surface area (Å²) in [4.78, 5) is 32.3. The number of carbonyl (C=O) groups is 1. The third-order valence-corrected chi connectivity index (χ3v) is 10.0. The van der Waals surface area contributed by atoms with Crippen LogP contribution in [0.1, 0.15) is 151 Å². The van der Waals surface area contributed by atoms with Gasteiger partial charge in [-0.1, -0.05) is 91.4 Å². The SMILES string of the molecule is C.CCCCCCCCCCCCCCCC(=O)CCCCOP(=O)(O)OCC1OCCC1CP(=O)(O)OC(C)(C)C. The molecule has 11 heteroatoms. The molecule has 252 valence electrons. The summed E-state index contributed by atoms with van der Waals surface area (Å²) in [6, 6.07) is 0. The monoisotopic (exact) mass is 642 g/mol. The van der Waals surface area contributed by atoms with Gasteiger partial charge in [0.1, 0.15) is 5.78 Å². The summed E-state index contributed by atoms with van der Waals surface area (Å²) in [6.45, 7) is 7.54. The van der Waals surface area contributed by atoms with E-state index in [-0.39, 0.29) is 38.5 Å². The van der Waals surface area contributed by atoms with Crippen molar-refractivity contribution in [1.29, 1.82) is 0 Å². The summed E-state index contributed by atoms with van der Waals surface area (Å²) in [7, 11) is -8.14. The zero-order chi connectivity index (χ0) is 30.6. The van der Waals surface area contributed by atoms with Crippen molar-refractivity contribution < 1.29 is 42.0 Å². The Morgan fingerprint density at radius 1 is 0.810 bits per heavy atom. The molecule has 9 nitrogen and oxygen atoms in total. The molecule has 1 fully saturated rings. The molecule has 0 radical (unpaired) electrons. The molecule has 1 heterocycles. The van der Waals surface area contributed by atoms with Crippen molar-refractivity contribution >= 4 is 21.2 Å². The summed E-state index contributed by atoms with van der Waals surface area (Å²) >= 11 is 0. The predicted octanol–water partition coefficient (Wildman–Crippen LogP) is 9.38. The van der Waals surface area contributed by atoms with Crippen LogP contribution >= 0.6 is 15.4 Å². The zero-order valence-corrected chi connectivity index (χ0v) is 28.1. The fourth-order valence-electron chi connectivity index (χ4n) is 5.12. The lowest BCUT2D eigenvalue weighted by Gasteiger charge is -2.26. The van der Waals surface area contributed by atoms with Crippen LogP contribution in [-0.2, 0) is 32.2 Å². The minimum absolute atomic E-state index is 0. The van der Waals surface area contributed by atoms with Gasteiger partial charge < -0.3 is 19.0 Å². The van der Waals surface area contributed by atoms with E-state index in [0.29, 0.717) is 38.7 Å². The number of Topliss-reactive ketones (excluding diaryl/α,β-unsaturated/α-hetero) is 1. The molecular formula is C31H64O9P2. The first kappa shape index (κ1) is 41.9. The Kier molecular flexibility index (Phi) is 23.2. The first-order valence-corrected chi connectivity index (χ1v) is 19.4. The molecule has 0 saturated carbocycles. The van der Waals surface area contributed by atoms with Gasteiger partial charge in [-0.15, -0.1) is 0 Å². The second-order valence-electron chi connectivity index (χ2n) is 12.6. The number of phosphoric ester groups is 1. The fraction of sp³-hybridized carbons (Fsp3) is 0.968. The summed E-state index contributed by atoms with van der Waals surface area (Å²) < 4.78 is 45.7. The van der Waals surface area contributed by atoms with Gasteiger partial charge in [-0.25, -0.2) is 4.57 Å². The summed E-state index contributed by atoms with van der Waals surface area (Å²) in [6.07, 6.45) is 18.6. The van der Waals surface area contributed by atoms with Gasteiger partial charge in [-0.2, -0.15) is 0 Å². The highest BCUT2D eigenvalue weighted by atomic mass is 31.2. The minimum atomic E-state index is -4.29. The topological polar surface area (TPSA) is 129 Å². The van der Waals surface area contributed by atoms with Crippen molar-refractivity contribution in [3.05, 3.63) is 0 Å². The molecule has 4 unspecified atom stereocenters. The number of hydrogen-bond acceptors (Lipinski definition) is 7. The van der Waals surface area contributed by atoms with Crippen LogP contribution in [0.5, 0.6) is 0 Å². The van der Waals surface area contributed by atoms with Crippen molar-refractivity contribution in [2.45, 2.75) is 162 Å². The molecule has 0 bridgehead atoms. The third-order valence-electron chi connectivity index (χ3n) is 7.29. The number of rotatable bonds is 26. The summed E-state index contributed by atoms with van der Waals surface area (Å²) in [5.74, 6) is -0.0911. The molecule has 42 heavy (non-hydrogen) atoms. The van der Waals surface area contributed by atoms with Crippen molar-refractivity contribution in [2.75, 3.05) is 26.0 Å². The van der Waals surface area contributed by atoms with Gasteiger partial charge >= 0.3 is 15.4 Å². The molecule has 2 N–H and O–H groups in total. The lowest BCUT2D eigenvalue weighted by molar-refractivity contribution is -0.119. The Morgan fingerprint density at radius 3 is 1.83 bits per heavy atom. The first-order valence-electron chi connectivity index (χ1n) is 16.1. The van der Waals surface area contributed by atoms with E-state index in [1.165, 1.54) is 70.6 Å². The molecule has 0 aromatic heterocycles. The van der Waals surface area contributed by atoms with Crippen LogP contribution in [0, 0.1) is 5.92 Å². The summed E-state index contributed by atoms with van der Waals surface area (Å²) in [5, 5.41) is 0. The van der Waals surface area contributed by atoms with Crippen LogP contribution in [0.2, 0.25) is 0 Å². The molecule has 0 aliphatic carbocycles. The molecule has 0 amide bonds. The quantitative estimate of drug-likeness (QED) is 0.0700. The van der Waals surface area contributed by atoms with Crippen LogP contribution in [0.25, 0.3) is 0 Å². The average molecular weight is 643 g/mol. The molecule has 1 aliphatic heterocycles. The fourth-order valence-corrected chi connectivity index (χ4v) is 7.83. The second kappa shape index (κ2) is 23.3. The highest BCUT2D eigenvalue weighted by molar-refractivity contribution is 7.52. The lowest BCUT2D eigenvalue weighted by Crippen LogP contribution is -2.27. The molecule has 0 aromatic rings. The third kappa shape index (κ3) is 23.3. The molecule has 0 aromatic carbocycles. The Morgan fingerprint density at radius 2 is 1.31 bits per heavy atom. The van der Waals surface area contributed by atoms with Crippen LogP contribution in [0.3, 0.4) is 0 Å². The van der Waals surface area contributed by atoms with Gasteiger partial charge in [-0.05, 0) is 46.5 Å². The predicted molar refractivity (Wildman–Crippen MR) is 171 cm³/mol. The van der Waals surface area contributed by atoms with Gasteiger partial charge in [0.2, 0.25) is 0 Å². The Bertz CT molecular complexity index is 785. The van der Waals surface area contributed by atoms with E-state index in [2.05, 4.69) is 6.92 Å². The van der Waals surface area contributed by atoms with Gasteiger partial charge in [0.05, 0.1) is 31.1 Å². The number of unbranched alkanes of at least 4 members (excludes halogenated alkanes) is 13. The number of ether oxygens (including phenoxy) is 1. The van der Waals surface area contributed by atoms with Crippen LogP contribution < -0.4 is 0 Å². The van der Waals surface area contributed by atoms with E-state index in [4.69, 9.17) is 18.3 Å². The van der Waals surface area contributed by atoms with E-state index >= 15 is 0 Å². The van der Waals surface area contributed by atoms with E-state index in [1.807, 2.05) is 0 Å². The van der Waals surface area contributed by atoms with Crippen molar-refractivity contribution in [3.8, 4) is 0 Å². The van der Waals surface area contributed by atoms with Crippen LogP contribution in [-0.4, -0.2) is 53.3 Å². The largest absolute Gasteiger partial charge is 0.472 e. The Labute approximate surface area is 257 Å². The van der Waals surface area contributed by atoms with Gasteiger partial charge in [0.25, 0.3) is 0 Å². The highest BCUT2D eigenvalue weighted by Gasteiger charge is 2.38. The van der Waals surface area contributed by atoms with E-state index < -0.39 is 27.1 Å². The maximum absolute atomic E-state index is 12.4. The van der Waals surface area contributed by atoms with Gasteiger partial charge in [-0.3, -0.25) is 18.4 Å². The number of ketones is 1. The van der Waals surface area contributed by atoms with Crippen LogP contribution in [0.4, 0.5) is 0 Å². The average Bonchev–Trinajstić information content (AvgIpc) is 3.30. The number of carbonyl (C=O) groups excluding carboxylic acids is 1. The van der Waals surface area contributed by atoms with E-state index in [9.17, 15) is 23.7 Å². The number of phosphoric acid groups is 1. The highest BCUT2D eigenvalue weighted by Crippen LogP contribution is 2.50. The van der Waals surface area contributed by atoms with E-state index in [0.717, 1.165) is 12.8 Å². The Balaban J connectivity index is 0.0000168. The van der Waals surface area contributed by atoms with Crippen molar-refractivity contribution in [2.24, 2.45) is 5.92 Å². The molecule has 1 rings (SSSR count). The standard InChI is InChI=1S/C30H60O9P2.CH4/c1-5-6-7-8-9-10-11-12-13-14-15-16-17-20-28(31)21-18-19-23-37-41(34,35)38-25-29-27(22-24-36-29)26-40(32,33)39-30(2,3)4;/h27,29H,5-26H2,1-4H3,(H,32,33)(H,34,35);1H4. The van der Waals surface area contributed by atoms with Crippen molar-refractivity contribution in [3.63, 3.8) is 0 Å². The smallest absolute Gasteiger partial charge is 0.375 e. The molecule has 1 aliphatic rings. The van der Waals surface area contributed by atoms with Crippen LogP contribution in [0.15, 0.2) is 0 Å². The molecule has 1 saturated heterocycles. The van der Waals surface area contributed by atoms with E-state index in [1.54, 1.807) is 20.8 Å². The summed E-state index contributed by atoms with van der Waals surface area (Å²) in [5.41, 5.74) is -0.763. The van der Waals surface area contributed by atoms with Crippen molar-refractivity contribution in [1.82, 2.24) is 0 Å². The lowest BCUT2D eigenvalue weighted by atomic mass is 10.0. The molecule has 4 atom stereocenters. The maximum Gasteiger partial charge on any atom is 0.472 e. The van der Waals surface area contributed by atoms with Gasteiger partial charge in [0.15, 0.2) is 0 Å². The maximum atomic E-state index is 12.4. The number of hydrogen-bond donors (Lipinski definition) is 2. The Hall–Kier alpha value is -0.110. The first-order chi connectivity index (χ1) is 19.3. The normalized spacial score (nSPS) is 20.1. The van der Waals surface area contributed by atoms with Gasteiger partial charge in [0, 0.05) is 25.4 Å².